The van der Waals surface area contributed by atoms with Crippen LogP contribution in [0, 0.1) is 5.82 Å². The van der Waals surface area contributed by atoms with Gasteiger partial charge in [-0.15, -0.1) is 0 Å². The van der Waals surface area contributed by atoms with Gasteiger partial charge in [0, 0.05) is 12.0 Å². The number of nitrogens with one attached hydrogen (secondary N) is 1. The number of halogens is 1. The van der Waals surface area contributed by atoms with E-state index in [4.69, 9.17) is 32.2 Å². The fourth-order valence-corrected chi connectivity index (χ4v) is 3.03. The van der Waals surface area contributed by atoms with Crippen molar-refractivity contribution in [2.45, 2.75) is 12.5 Å². The smallest absolute Gasteiger partial charge is 0.184 e. The highest BCUT2D eigenvalue weighted by atomic mass is 32.1. The maximum atomic E-state index is 13.7. The van der Waals surface area contributed by atoms with Gasteiger partial charge in [0.1, 0.15) is 30.9 Å². The Hall–Kier alpha value is -2.87. The van der Waals surface area contributed by atoms with Crippen molar-refractivity contribution in [3.8, 4) is 17.2 Å². The Kier molecular flexibility index (Phi) is 4.34. The Morgan fingerprint density at radius 2 is 1.88 bits per heavy atom. The molecule has 134 valence electrons. The number of nitrogens with zero attached hydrogens (tertiary/aromatic N) is 1. The van der Waals surface area contributed by atoms with Gasteiger partial charge >= 0.3 is 0 Å². The molecule has 2 aromatic carbocycles. The standard InChI is InChI=1S/C18H16FN3O3S/c19-11-2-4-14-12(8-11)13(21-22-18(20)26)9-16(25-14)10-1-3-15-17(7-10)24-6-5-23-15/h1-4,7-8,16H,5-6,9H2,(H3,20,22,26)/b21-13-/t16-/m0/s1. The molecule has 26 heavy (non-hydrogen) atoms. The Morgan fingerprint density at radius 1 is 1.12 bits per heavy atom. The van der Waals surface area contributed by atoms with Crippen molar-refractivity contribution >= 4 is 23.0 Å². The van der Waals surface area contributed by atoms with Crippen LogP contribution in [0.4, 0.5) is 4.39 Å². The van der Waals surface area contributed by atoms with Gasteiger partial charge in [0.05, 0.1) is 5.71 Å². The first-order valence-corrected chi connectivity index (χ1v) is 8.49. The Labute approximate surface area is 154 Å². The lowest BCUT2D eigenvalue weighted by Gasteiger charge is -2.28. The molecule has 0 aliphatic carbocycles. The zero-order valence-electron chi connectivity index (χ0n) is 13.7. The molecule has 8 heteroatoms. The van der Waals surface area contributed by atoms with Crippen molar-refractivity contribution < 1.29 is 18.6 Å². The zero-order chi connectivity index (χ0) is 18.1. The molecule has 0 fully saturated rings. The lowest BCUT2D eigenvalue weighted by molar-refractivity contribution is 0.169. The van der Waals surface area contributed by atoms with Gasteiger partial charge in [0.25, 0.3) is 0 Å². The van der Waals surface area contributed by atoms with E-state index in [1.165, 1.54) is 12.1 Å². The second kappa shape index (κ2) is 6.80. The van der Waals surface area contributed by atoms with Crippen molar-refractivity contribution in [1.82, 2.24) is 5.43 Å². The highest BCUT2D eigenvalue weighted by Crippen LogP contribution is 2.39. The van der Waals surface area contributed by atoms with Crippen LogP contribution in [0.2, 0.25) is 0 Å². The van der Waals surface area contributed by atoms with E-state index in [1.807, 2.05) is 18.2 Å². The minimum Gasteiger partial charge on any atom is -0.486 e. The van der Waals surface area contributed by atoms with Crippen molar-refractivity contribution in [3.63, 3.8) is 0 Å². The van der Waals surface area contributed by atoms with Gasteiger partial charge in [-0.2, -0.15) is 5.10 Å². The van der Waals surface area contributed by atoms with Crippen molar-refractivity contribution in [2.75, 3.05) is 13.2 Å². The Morgan fingerprint density at radius 3 is 2.69 bits per heavy atom. The van der Waals surface area contributed by atoms with Crippen LogP contribution in [-0.4, -0.2) is 24.0 Å². The summed E-state index contributed by atoms with van der Waals surface area (Å²) in [5.74, 6) is 1.57. The number of hydrogen-bond acceptors (Lipinski definition) is 5. The van der Waals surface area contributed by atoms with Gasteiger partial charge in [-0.05, 0) is 48.1 Å². The molecule has 2 heterocycles. The van der Waals surface area contributed by atoms with E-state index in [0.29, 0.717) is 48.2 Å². The molecule has 0 saturated carbocycles. The van der Waals surface area contributed by atoms with Crippen LogP contribution in [0.1, 0.15) is 23.7 Å². The van der Waals surface area contributed by atoms with Crippen LogP contribution < -0.4 is 25.4 Å². The molecule has 6 nitrogen and oxygen atoms in total. The van der Waals surface area contributed by atoms with E-state index in [1.54, 1.807) is 6.07 Å². The number of benzene rings is 2. The molecule has 2 aliphatic rings. The number of rotatable bonds is 2. The summed E-state index contributed by atoms with van der Waals surface area (Å²) < 4.78 is 30.9. The van der Waals surface area contributed by atoms with Crippen molar-refractivity contribution in [1.29, 1.82) is 0 Å². The molecule has 0 aromatic heterocycles. The lowest BCUT2D eigenvalue weighted by atomic mass is 9.95. The monoisotopic (exact) mass is 373 g/mol. The van der Waals surface area contributed by atoms with Crippen molar-refractivity contribution in [3.05, 3.63) is 53.3 Å². The highest BCUT2D eigenvalue weighted by molar-refractivity contribution is 7.80. The number of nitrogens with two attached hydrogens (primary N) is 1. The molecular weight excluding hydrogens is 357 g/mol. The zero-order valence-corrected chi connectivity index (χ0v) is 14.5. The first-order valence-electron chi connectivity index (χ1n) is 8.08. The minimum atomic E-state index is -0.367. The van der Waals surface area contributed by atoms with Crippen molar-refractivity contribution in [2.24, 2.45) is 10.8 Å². The van der Waals surface area contributed by atoms with Gasteiger partial charge in [0.15, 0.2) is 16.6 Å². The average Bonchev–Trinajstić information content (AvgIpc) is 2.65. The third kappa shape index (κ3) is 3.28. The Bertz CT molecular complexity index is 903. The van der Waals surface area contributed by atoms with E-state index in [9.17, 15) is 4.39 Å². The minimum absolute atomic E-state index is 0.0397. The van der Waals surface area contributed by atoms with E-state index in [-0.39, 0.29) is 17.0 Å². The third-order valence-corrected chi connectivity index (χ3v) is 4.23. The van der Waals surface area contributed by atoms with Crippen LogP contribution in [0.5, 0.6) is 17.2 Å². The number of fused-ring (bicyclic) bond motifs is 2. The average molecular weight is 373 g/mol. The number of thiocarbonyl (C=S) groups is 1. The number of ether oxygens (including phenoxy) is 3. The van der Waals surface area contributed by atoms with E-state index in [0.717, 1.165) is 5.56 Å². The summed E-state index contributed by atoms with van der Waals surface area (Å²) >= 11 is 4.80. The summed E-state index contributed by atoms with van der Waals surface area (Å²) in [5, 5.41) is 4.27. The molecule has 0 spiro atoms. The lowest BCUT2D eigenvalue weighted by Crippen LogP contribution is -2.28. The first-order chi connectivity index (χ1) is 12.6. The second-order valence-corrected chi connectivity index (χ2v) is 6.33. The maximum Gasteiger partial charge on any atom is 0.184 e. The maximum absolute atomic E-state index is 13.7. The quantitative estimate of drug-likeness (QED) is 0.623. The Balaban J connectivity index is 1.69. The van der Waals surface area contributed by atoms with E-state index in [2.05, 4.69) is 10.5 Å². The fraction of sp³-hybridized carbons (Fsp3) is 0.222. The third-order valence-electron chi connectivity index (χ3n) is 4.14. The topological polar surface area (TPSA) is 78.1 Å². The van der Waals surface area contributed by atoms with Crippen LogP contribution in [0.3, 0.4) is 0 Å². The summed E-state index contributed by atoms with van der Waals surface area (Å²) in [7, 11) is 0. The van der Waals surface area contributed by atoms with Gasteiger partial charge < -0.3 is 19.9 Å². The van der Waals surface area contributed by atoms with Gasteiger partial charge in [0.2, 0.25) is 0 Å². The van der Waals surface area contributed by atoms with Gasteiger partial charge in [-0.3, -0.25) is 5.43 Å². The molecule has 0 saturated heterocycles. The predicted molar refractivity (Wildman–Crippen MR) is 98.3 cm³/mol. The fourth-order valence-electron chi connectivity index (χ4n) is 2.99. The summed E-state index contributed by atoms with van der Waals surface area (Å²) in [6, 6.07) is 10.00. The normalized spacial score (nSPS) is 19.4. The molecule has 0 amide bonds. The predicted octanol–water partition coefficient (Wildman–Crippen LogP) is 2.66. The van der Waals surface area contributed by atoms with Crippen LogP contribution in [0.25, 0.3) is 0 Å². The number of hydrazone groups is 1. The summed E-state index contributed by atoms with van der Waals surface area (Å²) in [6.45, 7) is 1.04. The van der Waals surface area contributed by atoms with Gasteiger partial charge in [-0.25, -0.2) is 4.39 Å². The molecule has 0 unspecified atom stereocenters. The molecule has 1 atom stereocenters. The molecule has 2 aromatic rings. The summed E-state index contributed by atoms with van der Waals surface area (Å²) in [5.41, 5.74) is 10.1. The molecule has 0 bridgehead atoms. The molecule has 2 aliphatic heterocycles. The molecule has 0 radical (unpaired) electrons. The van der Waals surface area contributed by atoms with E-state index >= 15 is 0 Å². The molecule has 4 rings (SSSR count). The van der Waals surface area contributed by atoms with E-state index < -0.39 is 0 Å². The summed E-state index contributed by atoms with van der Waals surface area (Å²) in [6.07, 6.45) is 0.113. The van der Waals surface area contributed by atoms with Crippen LogP contribution in [0.15, 0.2) is 41.5 Å². The number of hydrogen-bond donors (Lipinski definition) is 2. The van der Waals surface area contributed by atoms with Crippen LogP contribution >= 0.6 is 12.2 Å². The largest absolute Gasteiger partial charge is 0.486 e. The molecule has 3 N–H and O–H groups in total. The van der Waals surface area contributed by atoms with Crippen LogP contribution in [-0.2, 0) is 0 Å². The highest BCUT2D eigenvalue weighted by Gasteiger charge is 2.28. The van der Waals surface area contributed by atoms with Gasteiger partial charge in [-0.1, -0.05) is 6.07 Å². The summed E-state index contributed by atoms with van der Waals surface area (Å²) in [4.78, 5) is 0. The SMILES string of the molecule is NC(=S)N/N=C1/C[C@@H](c2ccc3c(c2)OCCO3)Oc2ccc(F)cc21. The second-order valence-electron chi connectivity index (χ2n) is 5.89. The first kappa shape index (κ1) is 16.6. The molecular formula is C18H16FN3O3S.